The molecule has 94 valence electrons. The zero-order chi connectivity index (χ0) is 13.3. The maximum Gasteiger partial charge on any atom is 0.371 e. The number of aromatic nitrogens is 2. The minimum absolute atomic E-state index is 0.0915. The van der Waals surface area contributed by atoms with E-state index in [9.17, 15) is 14.4 Å². The number of aryl methyl sites for hydroxylation is 1. The number of imidazole rings is 1. The van der Waals surface area contributed by atoms with Crippen LogP contribution in [-0.2, 0) is 6.42 Å². The van der Waals surface area contributed by atoms with E-state index in [1.54, 1.807) is 6.92 Å². The van der Waals surface area contributed by atoms with Crippen molar-refractivity contribution >= 4 is 11.8 Å². The Bertz CT molecular complexity index is 661. The molecule has 7 heteroatoms. The summed E-state index contributed by atoms with van der Waals surface area (Å²) in [6.07, 6.45) is 0.465. The Morgan fingerprint density at radius 3 is 2.50 bits per heavy atom. The number of carboxylic acids is 1. The number of H-pyrrole nitrogens is 2. The number of aromatic amines is 2. The highest BCUT2D eigenvalue weighted by atomic mass is 16.4. The van der Waals surface area contributed by atoms with Gasteiger partial charge in [-0.2, -0.15) is 0 Å². The Labute approximate surface area is 100 Å². The molecule has 3 N–H and O–H groups in total. The number of hydrogen-bond acceptors (Lipinski definition) is 4. The van der Waals surface area contributed by atoms with Gasteiger partial charge in [-0.15, -0.1) is 0 Å². The molecule has 7 nitrogen and oxygen atoms in total. The van der Waals surface area contributed by atoms with Gasteiger partial charge in [-0.05, 0) is 18.6 Å². The first-order chi connectivity index (χ1) is 8.52. The minimum Gasteiger partial charge on any atom is -0.475 e. The molecule has 0 aliphatic heterocycles. The summed E-state index contributed by atoms with van der Waals surface area (Å²) in [6.45, 7) is 1.78. The largest absolute Gasteiger partial charge is 0.475 e. The number of ketones is 1. The van der Waals surface area contributed by atoms with E-state index in [1.807, 2.05) is 0 Å². The van der Waals surface area contributed by atoms with Crippen LogP contribution in [0, 0.1) is 0 Å². The topological polar surface area (TPSA) is 116 Å². The Morgan fingerprint density at radius 2 is 1.94 bits per heavy atom. The molecule has 0 bridgehead atoms. The van der Waals surface area contributed by atoms with Crippen molar-refractivity contribution in [1.82, 2.24) is 9.97 Å². The fraction of sp³-hybridized carbons (Fsp3) is 0.182. The number of furan rings is 1. The van der Waals surface area contributed by atoms with Crippen molar-refractivity contribution < 1.29 is 19.1 Å². The lowest BCUT2D eigenvalue weighted by Gasteiger charge is -1.96. The summed E-state index contributed by atoms with van der Waals surface area (Å²) < 4.78 is 4.89. The normalized spacial score (nSPS) is 10.5. The molecule has 2 aromatic heterocycles. The van der Waals surface area contributed by atoms with E-state index in [4.69, 9.17) is 9.52 Å². The van der Waals surface area contributed by atoms with Crippen molar-refractivity contribution in [3.63, 3.8) is 0 Å². The van der Waals surface area contributed by atoms with Gasteiger partial charge in [-0.1, -0.05) is 6.92 Å². The van der Waals surface area contributed by atoms with Gasteiger partial charge in [-0.25, -0.2) is 9.59 Å². The van der Waals surface area contributed by atoms with Crippen LogP contribution in [0.3, 0.4) is 0 Å². The van der Waals surface area contributed by atoms with E-state index in [2.05, 4.69) is 9.97 Å². The molecule has 0 radical (unpaired) electrons. The molecule has 2 aromatic rings. The first-order valence-electron chi connectivity index (χ1n) is 5.22. The third kappa shape index (κ3) is 1.97. The molecule has 0 unspecified atom stereocenters. The number of aromatic carboxylic acids is 1. The summed E-state index contributed by atoms with van der Waals surface area (Å²) in [6, 6.07) is 2.45. The Hall–Kier alpha value is -2.57. The van der Waals surface area contributed by atoms with Crippen LogP contribution in [0.25, 0.3) is 0 Å². The second-order valence-electron chi connectivity index (χ2n) is 3.58. The average molecular weight is 250 g/mol. The highest BCUT2D eigenvalue weighted by Gasteiger charge is 2.20. The Morgan fingerprint density at radius 1 is 1.28 bits per heavy atom. The van der Waals surface area contributed by atoms with Crippen molar-refractivity contribution in [2.75, 3.05) is 0 Å². The van der Waals surface area contributed by atoms with Gasteiger partial charge in [0.2, 0.25) is 11.5 Å². The van der Waals surface area contributed by atoms with Crippen LogP contribution in [0.1, 0.15) is 39.4 Å². The molecule has 0 fully saturated rings. The molecule has 0 saturated carbocycles. The summed E-state index contributed by atoms with van der Waals surface area (Å²) in [5, 5.41) is 8.69. The first kappa shape index (κ1) is 11.9. The van der Waals surface area contributed by atoms with Crippen LogP contribution in [0.5, 0.6) is 0 Å². The molecular formula is C11H10N2O5. The molecule has 0 spiro atoms. The monoisotopic (exact) mass is 250 g/mol. The second kappa shape index (κ2) is 4.36. The molecule has 0 saturated heterocycles. The van der Waals surface area contributed by atoms with Gasteiger partial charge < -0.3 is 19.5 Å². The van der Waals surface area contributed by atoms with E-state index >= 15 is 0 Å². The van der Waals surface area contributed by atoms with E-state index in [0.717, 1.165) is 0 Å². The van der Waals surface area contributed by atoms with Gasteiger partial charge in [0.1, 0.15) is 5.69 Å². The van der Waals surface area contributed by atoms with Gasteiger partial charge in [0.05, 0.1) is 0 Å². The summed E-state index contributed by atoms with van der Waals surface area (Å²) >= 11 is 0. The first-order valence-corrected chi connectivity index (χ1v) is 5.22. The van der Waals surface area contributed by atoms with Crippen LogP contribution in [0.4, 0.5) is 0 Å². The van der Waals surface area contributed by atoms with Crippen molar-refractivity contribution in [3.8, 4) is 0 Å². The van der Waals surface area contributed by atoms with Crippen LogP contribution in [-0.4, -0.2) is 26.8 Å². The summed E-state index contributed by atoms with van der Waals surface area (Å²) in [5.74, 6) is -2.27. The summed E-state index contributed by atoms with van der Waals surface area (Å²) in [5.41, 5.74) is 0.0623. The molecular weight excluding hydrogens is 240 g/mol. The quantitative estimate of drug-likeness (QED) is 0.693. The highest BCUT2D eigenvalue weighted by Crippen LogP contribution is 2.14. The number of carboxylic acid groups (broad SMARTS) is 1. The van der Waals surface area contributed by atoms with Gasteiger partial charge in [0.25, 0.3) is 0 Å². The predicted molar refractivity (Wildman–Crippen MR) is 59.9 cm³/mol. The average Bonchev–Trinajstić information content (AvgIpc) is 2.94. The van der Waals surface area contributed by atoms with Crippen molar-refractivity contribution in [1.29, 1.82) is 0 Å². The maximum atomic E-state index is 12.0. The van der Waals surface area contributed by atoms with Gasteiger partial charge in [0.15, 0.2) is 5.76 Å². The Kier molecular flexibility index (Phi) is 2.88. The maximum absolute atomic E-state index is 12.0. The van der Waals surface area contributed by atoms with Crippen LogP contribution >= 0.6 is 0 Å². The SMILES string of the molecule is CCc1[nH]c(=O)[nH]c1C(=O)c1ccc(C(=O)O)o1. The number of carbonyl (C=O) groups is 2. The second-order valence-corrected chi connectivity index (χ2v) is 3.58. The van der Waals surface area contributed by atoms with Crippen LogP contribution in [0.15, 0.2) is 21.3 Å². The van der Waals surface area contributed by atoms with E-state index in [0.29, 0.717) is 12.1 Å². The third-order valence-corrected chi connectivity index (χ3v) is 2.43. The molecule has 0 atom stereocenters. The van der Waals surface area contributed by atoms with Crippen LogP contribution in [0.2, 0.25) is 0 Å². The van der Waals surface area contributed by atoms with E-state index in [-0.39, 0.29) is 17.2 Å². The molecule has 2 heterocycles. The number of rotatable bonds is 4. The minimum atomic E-state index is -1.26. The van der Waals surface area contributed by atoms with Gasteiger partial charge >= 0.3 is 11.7 Å². The lowest BCUT2D eigenvalue weighted by atomic mass is 10.1. The fourth-order valence-corrected chi connectivity index (χ4v) is 1.58. The lowest BCUT2D eigenvalue weighted by Crippen LogP contribution is -2.06. The number of hydrogen-bond donors (Lipinski definition) is 3. The smallest absolute Gasteiger partial charge is 0.371 e. The molecule has 0 aromatic carbocycles. The highest BCUT2D eigenvalue weighted by molar-refractivity contribution is 6.07. The Balaban J connectivity index is 2.41. The fourth-order valence-electron chi connectivity index (χ4n) is 1.58. The van der Waals surface area contributed by atoms with Crippen molar-refractivity contribution in [3.05, 3.63) is 45.5 Å². The predicted octanol–water partition coefficient (Wildman–Crippen LogP) is 0.788. The zero-order valence-corrected chi connectivity index (χ0v) is 9.44. The summed E-state index contributed by atoms with van der Waals surface area (Å²) in [4.78, 5) is 38.6. The zero-order valence-electron chi connectivity index (χ0n) is 9.44. The number of nitrogens with one attached hydrogen (secondary N) is 2. The van der Waals surface area contributed by atoms with Crippen LogP contribution < -0.4 is 5.69 Å². The third-order valence-electron chi connectivity index (χ3n) is 2.43. The van der Waals surface area contributed by atoms with E-state index in [1.165, 1.54) is 12.1 Å². The summed E-state index contributed by atoms with van der Waals surface area (Å²) in [7, 11) is 0. The molecule has 0 aliphatic carbocycles. The lowest BCUT2D eigenvalue weighted by molar-refractivity contribution is 0.0660. The standard InChI is InChI=1S/C11H10N2O5/c1-2-5-8(13-11(17)12-5)9(14)6-3-4-7(18-6)10(15)16/h3-4H,2H2,1H3,(H,15,16)(H2,12,13,17). The molecule has 18 heavy (non-hydrogen) atoms. The number of carbonyl (C=O) groups excluding carboxylic acids is 1. The van der Waals surface area contributed by atoms with Gasteiger partial charge in [0, 0.05) is 5.69 Å². The van der Waals surface area contributed by atoms with E-state index < -0.39 is 17.4 Å². The molecule has 0 amide bonds. The molecule has 0 aliphatic rings. The van der Waals surface area contributed by atoms with Gasteiger partial charge in [-0.3, -0.25) is 4.79 Å². The van der Waals surface area contributed by atoms with Crippen molar-refractivity contribution in [2.45, 2.75) is 13.3 Å². The van der Waals surface area contributed by atoms with Crippen molar-refractivity contribution in [2.24, 2.45) is 0 Å². The molecule has 2 rings (SSSR count).